The highest BCUT2D eigenvalue weighted by Crippen LogP contribution is 2.19. The van der Waals surface area contributed by atoms with Crippen molar-refractivity contribution in [1.82, 2.24) is 19.7 Å². The van der Waals surface area contributed by atoms with Crippen LogP contribution in [0.4, 0.5) is 5.69 Å². The highest BCUT2D eigenvalue weighted by atomic mass is 16.6. The molecule has 1 aliphatic rings. The average molecular weight is 331 g/mol. The van der Waals surface area contributed by atoms with Crippen LogP contribution in [0, 0.1) is 10.1 Å². The van der Waals surface area contributed by atoms with E-state index in [0.717, 1.165) is 0 Å². The van der Waals surface area contributed by atoms with Gasteiger partial charge in [0.2, 0.25) is 5.91 Å². The van der Waals surface area contributed by atoms with Gasteiger partial charge in [-0.2, -0.15) is 5.10 Å². The largest absolute Gasteiger partial charge is 0.375 e. The van der Waals surface area contributed by atoms with E-state index in [4.69, 9.17) is 4.74 Å². The number of aromatic nitrogens is 3. The lowest BCUT2D eigenvalue weighted by atomic mass is 10.2. The number of rotatable bonds is 4. The van der Waals surface area contributed by atoms with Crippen molar-refractivity contribution in [3.63, 3.8) is 0 Å². The predicted octanol–water partition coefficient (Wildman–Crippen LogP) is 1.10. The molecule has 2 aromatic rings. The van der Waals surface area contributed by atoms with Crippen molar-refractivity contribution >= 4 is 11.6 Å². The second-order valence-corrected chi connectivity index (χ2v) is 5.59. The van der Waals surface area contributed by atoms with Gasteiger partial charge in [0.05, 0.1) is 17.6 Å². The zero-order valence-corrected chi connectivity index (χ0v) is 13.2. The highest BCUT2D eigenvalue weighted by Gasteiger charge is 2.21. The number of hydrogen-bond donors (Lipinski definition) is 0. The lowest BCUT2D eigenvalue weighted by Crippen LogP contribution is -2.45. The molecule has 0 saturated carbocycles. The molecular formula is C15H17N5O4. The van der Waals surface area contributed by atoms with E-state index in [1.54, 1.807) is 17.0 Å². The Balaban J connectivity index is 1.66. The molecular weight excluding hydrogens is 314 g/mol. The van der Waals surface area contributed by atoms with Gasteiger partial charge in [-0.05, 0) is 19.1 Å². The Morgan fingerprint density at radius 1 is 1.42 bits per heavy atom. The smallest absolute Gasteiger partial charge is 0.269 e. The number of ether oxygens (including phenoxy) is 1. The lowest BCUT2D eigenvalue weighted by molar-refractivity contribution is -0.384. The SMILES string of the molecule is CC1CN(C(=O)Cn2cnc(-c3ccc([N+](=O)[O-])cc3)n2)CCO1. The molecule has 0 bridgehead atoms. The third-order valence-electron chi connectivity index (χ3n) is 3.76. The lowest BCUT2D eigenvalue weighted by Gasteiger charge is -2.31. The van der Waals surface area contributed by atoms with Crippen LogP contribution in [0.3, 0.4) is 0 Å². The molecule has 1 amide bonds. The van der Waals surface area contributed by atoms with Gasteiger partial charge in [-0.1, -0.05) is 0 Å². The standard InChI is InChI=1S/C15H17N5O4/c1-11-8-18(6-7-24-11)14(21)9-19-10-16-15(17-19)12-2-4-13(5-3-12)20(22)23/h2-5,10-11H,6-9H2,1H3. The Kier molecular flexibility index (Phi) is 4.52. The van der Waals surface area contributed by atoms with Crippen molar-refractivity contribution < 1.29 is 14.5 Å². The van der Waals surface area contributed by atoms with Gasteiger partial charge in [0.25, 0.3) is 5.69 Å². The molecule has 0 aliphatic carbocycles. The molecule has 2 heterocycles. The number of carbonyl (C=O) groups is 1. The third kappa shape index (κ3) is 3.57. The van der Waals surface area contributed by atoms with E-state index in [2.05, 4.69) is 10.1 Å². The summed E-state index contributed by atoms with van der Waals surface area (Å²) in [5.41, 5.74) is 0.668. The Hall–Kier alpha value is -2.81. The molecule has 3 rings (SSSR count). The second kappa shape index (κ2) is 6.75. The minimum Gasteiger partial charge on any atom is -0.375 e. The molecule has 24 heavy (non-hydrogen) atoms. The normalized spacial score (nSPS) is 17.7. The van der Waals surface area contributed by atoms with Gasteiger partial charge < -0.3 is 9.64 Å². The minimum atomic E-state index is -0.461. The molecule has 1 atom stereocenters. The fourth-order valence-corrected chi connectivity index (χ4v) is 2.52. The van der Waals surface area contributed by atoms with Crippen LogP contribution in [-0.2, 0) is 16.1 Å². The van der Waals surface area contributed by atoms with Crippen molar-refractivity contribution in [1.29, 1.82) is 0 Å². The molecule has 1 fully saturated rings. The molecule has 0 radical (unpaired) electrons. The summed E-state index contributed by atoms with van der Waals surface area (Å²) in [7, 11) is 0. The van der Waals surface area contributed by atoms with Gasteiger partial charge in [0.1, 0.15) is 12.9 Å². The number of carbonyl (C=O) groups excluding carboxylic acids is 1. The van der Waals surface area contributed by atoms with Crippen molar-refractivity contribution in [3.8, 4) is 11.4 Å². The Morgan fingerprint density at radius 3 is 2.83 bits per heavy atom. The van der Waals surface area contributed by atoms with E-state index in [0.29, 0.717) is 31.1 Å². The van der Waals surface area contributed by atoms with Crippen LogP contribution in [0.1, 0.15) is 6.92 Å². The third-order valence-corrected chi connectivity index (χ3v) is 3.76. The molecule has 0 spiro atoms. The summed E-state index contributed by atoms with van der Waals surface area (Å²) in [6.07, 6.45) is 1.52. The number of non-ortho nitro benzene ring substituents is 1. The fourth-order valence-electron chi connectivity index (χ4n) is 2.52. The molecule has 1 aliphatic heterocycles. The van der Waals surface area contributed by atoms with Crippen molar-refractivity contribution in [3.05, 3.63) is 40.7 Å². The number of morpholine rings is 1. The predicted molar refractivity (Wildman–Crippen MR) is 84.1 cm³/mol. The monoisotopic (exact) mass is 331 g/mol. The first kappa shape index (κ1) is 16.1. The van der Waals surface area contributed by atoms with Crippen molar-refractivity contribution in [2.75, 3.05) is 19.7 Å². The highest BCUT2D eigenvalue weighted by molar-refractivity contribution is 5.76. The van der Waals surface area contributed by atoms with Gasteiger partial charge in [-0.15, -0.1) is 0 Å². The number of nitrogens with zero attached hydrogens (tertiary/aromatic N) is 5. The number of nitro groups is 1. The second-order valence-electron chi connectivity index (χ2n) is 5.59. The van der Waals surface area contributed by atoms with Crippen molar-refractivity contribution in [2.24, 2.45) is 0 Å². The van der Waals surface area contributed by atoms with Gasteiger partial charge in [-0.25, -0.2) is 9.67 Å². The van der Waals surface area contributed by atoms with E-state index in [9.17, 15) is 14.9 Å². The van der Waals surface area contributed by atoms with Crippen LogP contribution in [0.25, 0.3) is 11.4 Å². The summed E-state index contributed by atoms with van der Waals surface area (Å²) in [5, 5.41) is 14.9. The fraction of sp³-hybridized carbons (Fsp3) is 0.400. The van der Waals surface area contributed by atoms with Gasteiger partial charge in [0, 0.05) is 30.8 Å². The Bertz CT molecular complexity index is 743. The first-order chi connectivity index (χ1) is 11.5. The first-order valence-electron chi connectivity index (χ1n) is 7.56. The number of benzene rings is 1. The van der Waals surface area contributed by atoms with E-state index < -0.39 is 4.92 Å². The molecule has 9 nitrogen and oxygen atoms in total. The maximum atomic E-state index is 12.3. The molecule has 126 valence electrons. The van der Waals surface area contributed by atoms with Crippen LogP contribution in [0.2, 0.25) is 0 Å². The molecule has 0 N–H and O–H groups in total. The summed E-state index contributed by atoms with van der Waals surface area (Å²) >= 11 is 0. The average Bonchev–Trinajstić information content (AvgIpc) is 3.03. The Morgan fingerprint density at radius 2 is 2.17 bits per heavy atom. The first-order valence-corrected chi connectivity index (χ1v) is 7.56. The zero-order valence-electron chi connectivity index (χ0n) is 13.2. The minimum absolute atomic E-state index is 0.00907. The molecule has 1 saturated heterocycles. The van der Waals surface area contributed by atoms with E-state index in [1.165, 1.54) is 23.1 Å². The molecule has 1 aromatic heterocycles. The zero-order chi connectivity index (χ0) is 17.1. The van der Waals surface area contributed by atoms with Gasteiger partial charge in [0.15, 0.2) is 5.82 Å². The summed E-state index contributed by atoms with van der Waals surface area (Å²) in [4.78, 5) is 28.4. The Labute approximate surface area is 138 Å². The molecule has 1 aromatic carbocycles. The summed E-state index contributed by atoms with van der Waals surface area (Å²) in [5.74, 6) is 0.387. The number of nitro benzene ring substituents is 1. The summed E-state index contributed by atoms with van der Waals surface area (Å²) < 4.78 is 6.89. The van der Waals surface area contributed by atoms with E-state index >= 15 is 0 Å². The molecule has 9 heteroatoms. The van der Waals surface area contributed by atoms with Gasteiger partial charge >= 0.3 is 0 Å². The van der Waals surface area contributed by atoms with E-state index in [1.807, 2.05) is 6.92 Å². The van der Waals surface area contributed by atoms with Crippen LogP contribution < -0.4 is 0 Å². The number of amides is 1. The maximum absolute atomic E-state index is 12.3. The molecule has 1 unspecified atom stereocenters. The number of hydrogen-bond acceptors (Lipinski definition) is 6. The van der Waals surface area contributed by atoms with Crippen LogP contribution in [0.5, 0.6) is 0 Å². The van der Waals surface area contributed by atoms with Gasteiger partial charge in [-0.3, -0.25) is 14.9 Å². The van der Waals surface area contributed by atoms with Crippen LogP contribution in [-0.4, -0.2) is 56.3 Å². The maximum Gasteiger partial charge on any atom is 0.269 e. The van der Waals surface area contributed by atoms with Crippen LogP contribution >= 0.6 is 0 Å². The summed E-state index contributed by atoms with van der Waals surface area (Å²) in [6, 6.07) is 5.97. The van der Waals surface area contributed by atoms with E-state index in [-0.39, 0.29) is 24.2 Å². The topological polar surface area (TPSA) is 103 Å². The quantitative estimate of drug-likeness (QED) is 0.614. The van der Waals surface area contributed by atoms with Crippen LogP contribution in [0.15, 0.2) is 30.6 Å². The van der Waals surface area contributed by atoms with Crippen molar-refractivity contribution in [2.45, 2.75) is 19.6 Å². The summed E-state index contributed by atoms with van der Waals surface area (Å²) in [6.45, 7) is 3.72.